The molecule has 0 N–H and O–H groups in total. The first kappa shape index (κ1) is 17.9. The maximum Gasteiger partial charge on any atom is 0.155 e. The van der Waals surface area contributed by atoms with Crippen LogP contribution in [0.25, 0.3) is 0 Å². The van der Waals surface area contributed by atoms with Gasteiger partial charge >= 0.3 is 0 Å². The zero-order valence-corrected chi connectivity index (χ0v) is 12.6. The molecular weight excluding hydrogens is 232 g/mol. The van der Waals surface area contributed by atoms with Crippen LogP contribution < -0.4 is 0 Å². The highest BCUT2D eigenvalue weighted by Gasteiger charge is 1.99. The van der Waals surface area contributed by atoms with E-state index in [1.165, 1.54) is 24.8 Å². The average molecular weight is 262 g/mol. The van der Waals surface area contributed by atoms with Crippen LogP contribution >= 0.6 is 0 Å². The molecule has 0 saturated heterocycles. The largest absolute Gasteiger partial charge is 0.295 e. The third-order valence-corrected chi connectivity index (χ3v) is 3.22. The number of hydrogen-bond acceptors (Lipinski definition) is 1. The van der Waals surface area contributed by atoms with Crippen molar-refractivity contribution in [1.29, 1.82) is 0 Å². The molecule has 0 aliphatic heterocycles. The number of allylic oxidation sites excluding steroid dienone is 4. The molecule has 19 heavy (non-hydrogen) atoms. The number of rotatable bonds is 13. The van der Waals surface area contributed by atoms with Gasteiger partial charge < -0.3 is 0 Å². The molecule has 0 radical (unpaired) electrons. The zero-order chi connectivity index (χ0) is 14.3. The van der Waals surface area contributed by atoms with Crippen LogP contribution in [0.4, 0.5) is 0 Å². The Kier molecular flexibility index (Phi) is 12.5. The van der Waals surface area contributed by atoms with E-state index < -0.39 is 0 Å². The summed E-state index contributed by atoms with van der Waals surface area (Å²) in [7, 11) is 0. The Morgan fingerprint density at radius 1 is 0.842 bits per heavy atom. The van der Waals surface area contributed by atoms with E-state index in [0.717, 1.165) is 38.5 Å². The second-order valence-corrected chi connectivity index (χ2v) is 5.23. The second kappa shape index (κ2) is 13.3. The molecule has 0 aromatic rings. The van der Waals surface area contributed by atoms with Crippen LogP contribution in [0.3, 0.4) is 0 Å². The van der Waals surface area contributed by atoms with E-state index in [2.05, 4.69) is 20.1 Å². The SMILES string of the molecule is C=CCCCCCC(=O)C=C(C)CCCCCC=C. The summed E-state index contributed by atoms with van der Waals surface area (Å²) in [5, 5.41) is 0. The predicted molar refractivity (Wildman–Crippen MR) is 85.3 cm³/mol. The van der Waals surface area contributed by atoms with Crippen LogP contribution in [0.5, 0.6) is 0 Å². The normalized spacial score (nSPS) is 11.3. The molecule has 0 spiro atoms. The van der Waals surface area contributed by atoms with Crippen molar-refractivity contribution in [2.75, 3.05) is 0 Å². The van der Waals surface area contributed by atoms with E-state index >= 15 is 0 Å². The minimum absolute atomic E-state index is 0.294. The highest BCUT2D eigenvalue weighted by atomic mass is 16.1. The molecule has 0 atom stereocenters. The van der Waals surface area contributed by atoms with Crippen molar-refractivity contribution in [3.8, 4) is 0 Å². The fourth-order valence-corrected chi connectivity index (χ4v) is 2.05. The predicted octanol–water partition coefficient (Wildman–Crippen LogP) is 5.77. The number of unbranched alkanes of at least 4 members (excludes halogenated alkanes) is 6. The lowest BCUT2D eigenvalue weighted by Gasteiger charge is -2.01. The van der Waals surface area contributed by atoms with Crippen LogP contribution in [0, 0.1) is 0 Å². The van der Waals surface area contributed by atoms with E-state index in [1.807, 2.05) is 18.2 Å². The maximum atomic E-state index is 11.7. The van der Waals surface area contributed by atoms with Crippen LogP contribution in [-0.4, -0.2) is 5.78 Å². The van der Waals surface area contributed by atoms with Crippen molar-refractivity contribution >= 4 is 5.78 Å². The standard InChI is InChI=1S/C18H30O/c1-4-6-8-10-12-14-17(3)16-18(19)15-13-11-9-7-5-2/h4-5,16H,1-2,6-15H2,3H3. The number of carbonyl (C=O) groups excluding carboxylic acids is 1. The first-order chi connectivity index (χ1) is 9.20. The van der Waals surface area contributed by atoms with Gasteiger partial charge in [0.05, 0.1) is 0 Å². The van der Waals surface area contributed by atoms with Gasteiger partial charge in [0.15, 0.2) is 5.78 Å². The van der Waals surface area contributed by atoms with Crippen LogP contribution in [-0.2, 0) is 4.79 Å². The molecule has 0 fully saturated rings. The Morgan fingerprint density at radius 2 is 1.37 bits per heavy atom. The summed E-state index contributed by atoms with van der Waals surface area (Å²) in [6.07, 6.45) is 16.6. The van der Waals surface area contributed by atoms with Crippen molar-refractivity contribution in [1.82, 2.24) is 0 Å². The fraction of sp³-hybridized carbons (Fsp3) is 0.611. The van der Waals surface area contributed by atoms with Crippen molar-refractivity contribution in [2.24, 2.45) is 0 Å². The molecule has 0 bridgehead atoms. The monoisotopic (exact) mass is 262 g/mol. The Balaban J connectivity index is 3.60. The summed E-state index contributed by atoms with van der Waals surface area (Å²) < 4.78 is 0. The maximum absolute atomic E-state index is 11.7. The Morgan fingerprint density at radius 3 is 1.89 bits per heavy atom. The van der Waals surface area contributed by atoms with Crippen LogP contribution in [0.1, 0.15) is 71.1 Å². The third kappa shape index (κ3) is 13.1. The van der Waals surface area contributed by atoms with Gasteiger partial charge in [-0.3, -0.25) is 4.79 Å². The fourth-order valence-electron chi connectivity index (χ4n) is 2.05. The molecule has 0 amide bonds. The van der Waals surface area contributed by atoms with E-state index in [0.29, 0.717) is 12.2 Å². The minimum atomic E-state index is 0.294. The van der Waals surface area contributed by atoms with E-state index in [-0.39, 0.29) is 0 Å². The summed E-state index contributed by atoms with van der Waals surface area (Å²) in [5.74, 6) is 0.294. The van der Waals surface area contributed by atoms with Gasteiger partial charge in [0.1, 0.15) is 0 Å². The summed E-state index contributed by atoms with van der Waals surface area (Å²) in [6, 6.07) is 0. The van der Waals surface area contributed by atoms with Gasteiger partial charge in [-0.05, 0) is 57.9 Å². The van der Waals surface area contributed by atoms with E-state index in [4.69, 9.17) is 0 Å². The first-order valence-electron chi connectivity index (χ1n) is 7.62. The Labute approximate surface area is 119 Å². The smallest absolute Gasteiger partial charge is 0.155 e. The lowest BCUT2D eigenvalue weighted by atomic mass is 10.0. The van der Waals surface area contributed by atoms with Gasteiger partial charge in [-0.1, -0.05) is 30.6 Å². The van der Waals surface area contributed by atoms with Gasteiger partial charge in [-0.25, -0.2) is 0 Å². The van der Waals surface area contributed by atoms with Gasteiger partial charge in [-0.15, -0.1) is 13.2 Å². The van der Waals surface area contributed by atoms with Crippen molar-refractivity contribution in [3.63, 3.8) is 0 Å². The van der Waals surface area contributed by atoms with Gasteiger partial charge in [-0.2, -0.15) is 0 Å². The molecule has 0 saturated carbocycles. The first-order valence-corrected chi connectivity index (χ1v) is 7.62. The van der Waals surface area contributed by atoms with Crippen LogP contribution in [0.15, 0.2) is 37.0 Å². The number of ketones is 1. The van der Waals surface area contributed by atoms with Crippen LogP contribution in [0.2, 0.25) is 0 Å². The highest BCUT2D eigenvalue weighted by molar-refractivity contribution is 5.90. The van der Waals surface area contributed by atoms with E-state index in [1.54, 1.807) is 0 Å². The molecule has 0 unspecified atom stereocenters. The summed E-state index contributed by atoms with van der Waals surface area (Å²) >= 11 is 0. The van der Waals surface area contributed by atoms with E-state index in [9.17, 15) is 4.79 Å². The molecule has 0 heterocycles. The quantitative estimate of drug-likeness (QED) is 0.234. The minimum Gasteiger partial charge on any atom is -0.295 e. The lowest BCUT2D eigenvalue weighted by molar-refractivity contribution is -0.114. The van der Waals surface area contributed by atoms with Gasteiger partial charge in [0.2, 0.25) is 0 Å². The zero-order valence-electron chi connectivity index (χ0n) is 12.6. The van der Waals surface area contributed by atoms with Crippen molar-refractivity contribution in [2.45, 2.75) is 71.1 Å². The van der Waals surface area contributed by atoms with Gasteiger partial charge in [0, 0.05) is 6.42 Å². The molecule has 0 aromatic heterocycles. The molecule has 0 aliphatic carbocycles. The molecule has 0 aromatic carbocycles. The summed E-state index contributed by atoms with van der Waals surface area (Å²) in [4.78, 5) is 11.7. The Hall–Kier alpha value is -1.11. The van der Waals surface area contributed by atoms with Crippen molar-refractivity contribution < 1.29 is 4.79 Å². The highest BCUT2D eigenvalue weighted by Crippen LogP contribution is 2.11. The molecule has 1 heteroatoms. The Bertz CT molecular complexity index is 286. The summed E-state index contributed by atoms with van der Waals surface area (Å²) in [6.45, 7) is 9.49. The number of carbonyl (C=O) groups is 1. The third-order valence-electron chi connectivity index (χ3n) is 3.22. The van der Waals surface area contributed by atoms with Crippen molar-refractivity contribution in [3.05, 3.63) is 37.0 Å². The lowest BCUT2D eigenvalue weighted by Crippen LogP contribution is -1.94. The molecule has 0 rings (SSSR count). The molecule has 0 aliphatic rings. The number of hydrogen-bond donors (Lipinski definition) is 0. The topological polar surface area (TPSA) is 17.1 Å². The molecule has 108 valence electrons. The molecule has 1 nitrogen and oxygen atoms in total. The average Bonchev–Trinajstić information content (AvgIpc) is 2.38. The second-order valence-electron chi connectivity index (χ2n) is 5.23. The summed E-state index contributed by atoms with van der Waals surface area (Å²) in [5.41, 5.74) is 1.23. The van der Waals surface area contributed by atoms with Gasteiger partial charge in [0.25, 0.3) is 0 Å². The molecular formula is C18H30O.